The van der Waals surface area contributed by atoms with Crippen LogP contribution in [0, 0.1) is 0 Å². The van der Waals surface area contributed by atoms with Gasteiger partial charge in [-0.2, -0.15) is 0 Å². The zero-order chi connectivity index (χ0) is 16.3. The Balaban J connectivity index is 2.35. The number of benzene rings is 2. The molecular weight excluding hydrogens is 412 g/mol. The predicted octanol–water partition coefficient (Wildman–Crippen LogP) is 5.56. The molecule has 0 aliphatic heterocycles. The van der Waals surface area contributed by atoms with Gasteiger partial charge in [-0.05, 0) is 47.9 Å². The van der Waals surface area contributed by atoms with E-state index in [9.17, 15) is 4.79 Å². The zero-order valence-corrected chi connectivity index (χ0v) is 15.7. The molecule has 2 rings (SSSR count). The minimum absolute atomic E-state index is 0.240. The first-order valence-corrected chi connectivity index (χ1v) is 8.36. The van der Waals surface area contributed by atoms with Crippen LogP contribution < -0.4 is 9.47 Å². The molecule has 0 aliphatic rings. The van der Waals surface area contributed by atoms with Crippen LogP contribution in [0.5, 0.6) is 11.5 Å². The van der Waals surface area contributed by atoms with Crippen LogP contribution in [-0.4, -0.2) is 13.1 Å². The fourth-order valence-corrected chi connectivity index (χ4v) is 2.80. The molecule has 5 heteroatoms. The molecule has 0 heterocycles. The van der Waals surface area contributed by atoms with Crippen molar-refractivity contribution in [2.75, 3.05) is 7.11 Å². The van der Waals surface area contributed by atoms with Gasteiger partial charge in [0.05, 0.1) is 7.11 Å². The number of hydrogen-bond acceptors (Lipinski definition) is 3. The molecular formula is C17H16Br2O3. The van der Waals surface area contributed by atoms with Gasteiger partial charge in [-0.3, -0.25) is 0 Å². The third kappa shape index (κ3) is 3.90. The van der Waals surface area contributed by atoms with Gasteiger partial charge < -0.3 is 9.47 Å². The number of carbonyl (C=O) groups is 1. The van der Waals surface area contributed by atoms with E-state index in [4.69, 9.17) is 9.47 Å². The number of hydrogen-bond donors (Lipinski definition) is 0. The maximum atomic E-state index is 12.5. The summed E-state index contributed by atoms with van der Waals surface area (Å²) in [6.45, 7) is 4.11. The predicted molar refractivity (Wildman–Crippen MR) is 93.9 cm³/mol. The van der Waals surface area contributed by atoms with Crippen molar-refractivity contribution in [2.45, 2.75) is 19.8 Å². The molecule has 0 spiro atoms. The molecule has 3 nitrogen and oxygen atoms in total. The Bertz CT molecular complexity index is 696. The van der Waals surface area contributed by atoms with E-state index in [-0.39, 0.29) is 5.92 Å². The fraction of sp³-hybridized carbons (Fsp3) is 0.235. The van der Waals surface area contributed by atoms with Crippen molar-refractivity contribution in [1.29, 1.82) is 0 Å². The first-order chi connectivity index (χ1) is 10.4. The van der Waals surface area contributed by atoms with Crippen LogP contribution in [0.15, 0.2) is 45.3 Å². The Hall–Kier alpha value is -1.33. The topological polar surface area (TPSA) is 35.5 Å². The van der Waals surface area contributed by atoms with Crippen molar-refractivity contribution in [2.24, 2.45) is 0 Å². The number of esters is 1. The van der Waals surface area contributed by atoms with Crippen molar-refractivity contribution in [3.05, 3.63) is 56.5 Å². The second-order valence-corrected chi connectivity index (χ2v) is 6.90. The molecule has 2 aromatic rings. The van der Waals surface area contributed by atoms with Gasteiger partial charge in [-0.25, -0.2) is 4.79 Å². The van der Waals surface area contributed by atoms with E-state index in [0.29, 0.717) is 17.1 Å². The third-order valence-corrected chi connectivity index (χ3v) is 4.16. The molecule has 116 valence electrons. The zero-order valence-electron chi connectivity index (χ0n) is 12.5. The highest BCUT2D eigenvalue weighted by Crippen LogP contribution is 2.31. The van der Waals surface area contributed by atoms with Gasteiger partial charge in [0.25, 0.3) is 0 Å². The molecule has 0 amide bonds. The number of halogens is 2. The summed E-state index contributed by atoms with van der Waals surface area (Å²) in [7, 11) is 1.53. The summed E-state index contributed by atoms with van der Waals surface area (Å²) < 4.78 is 12.6. The molecule has 0 radical (unpaired) electrons. The average Bonchev–Trinajstić information content (AvgIpc) is 2.48. The molecule has 0 atom stereocenters. The van der Waals surface area contributed by atoms with Gasteiger partial charge >= 0.3 is 5.97 Å². The summed E-state index contributed by atoms with van der Waals surface area (Å²) in [6, 6.07) is 10.8. The van der Waals surface area contributed by atoms with E-state index in [1.165, 1.54) is 7.11 Å². The van der Waals surface area contributed by atoms with Crippen LogP contribution in [0.4, 0.5) is 0 Å². The summed E-state index contributed by atoms with van der Waals surface area (Å²) in [5.41, 5.74) is 1.35. The van der Waals surface area contributed by atoms with Crippen molar-refractivity contribution in [1.82, 2.24) is 0 Å². The summed E-state index contributed by atoms with van der Waals surface area (Å²) in [4.78, 5) is 12.5. The van der Waals surface area contributed by atoms with Gasteiger partial charge in [-0.15, -0.1) is 0 Å². The largest absolute Gasteiger partial charge is 0.496 e. The van der Waals surface area contributed by atoms with Crippen molar-refractivity contribution in [3.8, 4) is 11.5 Å². The molecule has 0 fully saturated rings. The second kappa shape index (κ2) is 7.29. The van der Waals surface area contributed by atoms with Crippen LogP contribution in [0.25, 0.3) is 0 Å². The quantitative estimate of drug-likeness (QED) is 0.473. The Kier molecular flexibility index (Phi) is 5.64. The normalized spacial score (nSPS) is 10.6. The van der Waals surface area contributed by atoms with Crippen molar-refractivity contribution in [3.63, 3.8) is 0 Å². The molecule has 0 N–H and O–H groups in total. The first kappa shape index (κ1) is 17.0. The van der Waals surface area contributed by atoms with Crippen LogP contribution in [0.2, 0.25) is 0 Å². The molecule has 2 aromatic carbocycles. The highest BCUT2D eigenvalue weighted by molar-refractivity contribution is 9.10. The fourth-order valence-electron chi connectivity index (χ4n) is 2.06. The lowest BCUT2D eigenvalue weighted by molar-refractivity contribution is 0.0729. The molecule has 0 unspecified atom stereocenters. The Labute approximate surface area is 146 Å². The van der Waals surface area contributed by atoms with E-state index >= 15 is 0 Å². The number of rotatable bonds is 4. The van der Waals surface area contributed by atoms with Crippen LogP contribution in [0.3, 0.4) is 0 Å². The Morgan fingerprint density at radius 1 is 1.00 bits per heavy atom. The SMILES string of the molecule is COc1ccc(Br)cc1C(=O)Oc1ccc(Br)cc1C(C)C. The van der Waals surface area contributed by atoms with Gasteiger partial charge in [0, 0.05) is 8.95 Å². The van der Waals surface area contributed by atoms with Crippen LogP contribution in [-0.2, 0) is 0 Å². The van der Waals surface area contributed by atoms with E-state index in [1.807, 2.05) is 18.2 Å². The molecule has 0 saturated carbocycles. The minimum atomic E-state index is -0.442. The number of carbonyl (C=O) groups excluding carboxylic acids is 1. The molecule has 0 bridgehead atoms. The van der Waals surface area contributed by atoms with Gasteiger partial charge in [0.15, 0.2) is 0 Å². The lowest BCUT2D eigenvalue weighted by Gasteiger charge is -2.14. The minimum Gasteiger partial charge on any atom is -0.496 e. The second-order valence-electron chi connectivity index (χ2n) is 5.07. The lowest BCUT2D eigenvalue weighted by Crippen LogP contribution is -2.11. The van der Waals surface area contributed by atoms with E-state index in [1.54, 1.807) is 18.2 Å². The van der Waals surface area contributed by atoms with Crippen LogP contribution >= 0.6 is 31.9 Å². The highest BCUT2D eigenvalue weighted by atomic mass is 79.9. The summed E-state index contributed by atoms with van der Waals surface area (Å²) >= 11 is 6.80. The van der Waals surface area contributed by atoms with E-state index in [2.05, 4.69) is 45.7 Å². The van der Waals surface area contributed by atoms with E-state index in [0.717, 1.165) is 14.5 Å². The summed E-state index contributed by atoms with van der Waals surface area (Å²) in [6.07, 6.45) is 0. The van der Waals surface area contributed by atoms with Crippen molar-refractivity contribution < 1.29 is 14.3 Å². The summed E-state index contributed by atoms with van der Waals surface area (Å²) in [5, 5.41) is 0. The lowest BCUT2D eigenvalue weighted by atomic mass is 10.0. The van der Waals surface area contributed by atoms with Gasteiger partial charge in [0.2, 0.25) is 0 Å². The van der Waals surface area contributed by atoms with Gasteiger partial charge in [-0.1, -0.05) is 45.7 Å². The molecule has 22 heavy (non-hydrogen) atoms. The Morgan fingerprint density at radius 2 is 1.59 bits per heavy atom. The van der Waals surface area contributed by atoms with Crippen LogP contribution in [0.1, 0.15) is 35.7 Å². The molecule has 0 aromatic heterocycles. The van der Waals surface area contributed by atoms with Gasteiger partial charge in [0.1, 0.15) is 17.1 Å². The number of ether oxygens (including phenoxy) is 2. The maximum Gasteiger partial charge on any atom is 0.347 e. The van der Waals surface area contributed by atoms with Crippen molar-refractivity contribution >= 4 is 37.8 Å². The molecule has 0 saturated heterocycles. The maximum absolute atomic E-state index is 12.5. The Morgan fingerprint density at radius 3 is 2.18 bits per heavy atom. The number of methoxy groups -OCH3 is 1. The monoisotopic (exact) mass is 426 g/mol. The average molecular weight is 428 g/mol. The standard InChI is InChI=1S/C17H16Br2O3/c1-10(2)13-8-11(18)5-7-16(13)22-17(20)14-9-12(19)4-6-15(14)21-3/h4-10H,1-3H3. The first-order valence-electron chi connectivity index (χ1n) is 6.77. The molecule has 0 aliphatic carbocycles. The highest BCUT2D eigenvalue weighted by Gasteiger charge is 2.18. The summed E-state index contributed by atoms with van der Waals surface area (Å²) in [5.74, 6) is 0.841. The smallest absolute Gasteiger partial charge is 0.347 e. The van der Waals surface area contributed by atoms with E-state index < -0.39 is 5.97 Å². The third-order valence-electron chi connectivity index (χ3n) is 3.18.